The standard InChI is InChI=1S/C21H24ClFN2O/c1-13-9-14(2)21(15(3)10-13)24-20(26)12-25(16-7-8-16)11-17-18(22)5-4-6-19(17)23/h4-6,9-10,16H,7-8,11-12H2,1-3H3,(H,24,26). The molecule has 0 saturated heterocycles. The third kappa shape index (κ3) is 4.43. The fourth-order valence-corrected chi connectivity index (χ4v) is 3.60. The van der Waals surface area contributed by atoms with Gasteiger partial charge < -0.3 is 5.32 Å². The molecule has 2 aromatic rings. The first-order chi connectivity index (χ1) is 12.3. The van der Waals surface area contributed by atoms with Gasteiger partial charge in [0.2, 0.25) is 5.91 Å². The topological polar surface area (TPSA) is 32.3 Å². The van der Waals surface area contributed by atoms with Gasteiger partial charge in [0, 0.05) is 28.9 Å². The molecule has 0 spiro atoms. The Balaban J connectivity index is 1.72. The van der Waals surface area contributed by atoms with Crippen LogP contribution in [0.25, 0.3) is 0 Å². The number of carbonyl (C=O) groups excluding carboxylic acids is 1. The molecule has 1 saturated carbocycles. The van der Waals surface area contributed by atoms with Crippen molar-refractivity contribution in [3.8, 4) is 0 Å². The second-order valence-electron chi connectivity index (χ2n) is 7.16. The normalized spacial score (nSPS) is 13.9. The van der Waals surface area contributed by atoms with Gasteiger partial charge in [-0.1, -0.05) is 35.4 Å². The second kappa shape index (κ2) is 7.77. The number of hydrogen-bond donors (Lipinski definition) is 1. The molecule has 0 aliphatic heterocycles. The van der Waals surface area contributed by atoms with Crippen LogP contribution in [0.15, 0.2) is 30.3 Å². The Hall–Kier alpha value is -1.91. The number of benzene rings is 2. The summed E-state index contributed by atoms with van der Waals surface area (Å²) in [6.07, 6.45) is 2.06. The molecule has 2 aromatic carbocycles. The molecule has 1 amide bonds. The zero-order valence-electron chi connectivity index (χ0n) is 15.4. The lowest BCUT2D eigenvalue weighted by atomic mass is 10.1. The van der Waals surface area contributed by atoms with Crippen molar-refractivity contribution in [3.63, 3.8) is 0 Å². The molecule has 0 bridgehead atoms. The van der Waals surface area contributed by atoms with E-state index in [1.54, 1.807) is 12.1 Å². The highest BCUT2D eigenvalue weighted by Crippen LogP contribution is 2.31. The van der Waals surface area contributed by atoms with Crippen molar-refractivity contribution in [1.29, 1.82) is 0 Å². The van der Waals surface area contributed by atoms with Gasteiger partial charge in [-0.25, -0.2) is 4.39 Å². The first kappa shape index (κ1) is 18.9. The predicted molar refractivity (Wildman–Crippen MR) is 104 cm³/mol. The molecule has 26 heavy (non-hydrogen) atoms. The molecule has 0 radical (unpaired) electrons. The van der Waals surface area contributed by atoms with Crippen molar-refractivity contribution in [2.75, 3.05) is 11.9 Å². The van der Waals surface area contributed by atoms with Gasteiger partial charge in [0.25, 0.3) is 0 Å². The molecule has 0 unspecified atom stereocenters. The van der Waals surface area contributed by atoms with E-state index in [0.717, 1.165) is 29.7 Å². The molecule has 1 fully saturated rings. The van der Waals surface area contributed by atoms with Crippen molar-refractivity contribution in [2.24, 2.45) is 0 Å². The van der Waals surface area contributed by atoms with Crippen LogP contribution in [0.2, 0.25) is 5.02 Å². The molecule has 0 heterocycles. The Morgan fingerprint density at radius 3 is 2.46 bits per heavy atom. The Morgan fingerprint density at radius 2 is 1.88 bits per heavy atom. The largest absolute Gasteiger partial charge is 0.324 e. The van der Waals surface area contributed by atoms with Crippen molar-refractivity contribution in [1.82, 2.24) is 4.90 Å². The lowest BCUT2D eigenvalue weighted by Gasteiger charge is -2.23. The number of nitrogens with one attached hydrogen (secondary N) is 1. The Labute approximate surface area is 159 Å². The van der Waals surface area contributed by atoms with Crippen LogP contribution in [0, 0.1) is 26.6 Å². The molecule has 5 heteroatoms. The summed E-state index contributed by atoms with van der Waals surface area (Å²) in [7, 11) is 0. The van der Waals surface area contributed by atoms with Crippen LogP contribution >= 0.6 is 11.6 Å². The van der Waals surface area contributed by atoms with Crippen molar-refractivity contribution < 1.29 is 9.18 Å². The number of nitrogens with zero attached hydrogens (tertiary/aromatic N) is 1. The Bertz CT molecular complexity index is 790. The van der Waals surface area contributed by atoms with Crippen LogP contribution in [0.3, 0.4) is 0 Å². The lowest BCUT2D eigenvalue weighted by molar-refractivity contribution is -0.117. The third-order valence-electron chi connectivity index (χ3n) is 4.77. The van der Waals surface area contributed by atoms with E-state index in [0.29, 0.717) is 23.2 Å². The summed E-state index contributed by atoms with van der Waals surface area (Å²) in [6.45, 7) is 6.59. The zero-order valence-corrected chi connectivity index (χ0v) is 16.2. The highest BCUT2D eigenvalue weighted by molar-refractivity contribution is 6.31. The van der Waals surface area contributed by atoms with Crippen LogP contribution < -0.4 is 5.32 Å². The van der Waals surface area contributed by atoms with Crippen molar-refractivity contribution in [2.45, 2.75) is 46.2 Å². The Morgan fingerprint density at radius 1 is 1.23 bits per heavy atom. The van der Waals surface area contributed by atoms with Gasteiger partial charge in [-0.15, -0.1) is 0 Å². The van der Waals surface area contributed by atoms with Gasteiger partial charge in [0.1, 0.15) is 5.82 Å². The van der Waals surface area contributed by atoms with Gasteiger partial charge in [-0.3, -0.25) is 9.69 Å². The summed E-state index contributed by atoms with van der Waals surface area (Å²) in [6, 6.07) is 9.12. The van der Waals surface area contributed by atoms with E-state index in [1.807, 2.05) is 25.7 Å². The van der Waals surface area contributed by atoms with Crippen LogP contribution in [0.4, 0.5) is 10.1 Å². The maximum absolute atomic E-state index is 14.1. The fourth-order valence-electron chi connectivity index (χ4n) is 3.38. The van der Waals surface area contributed by atoms with Crippen LogP contribution in [0.5, 0.6) is 0 Å². The van der Waals surface area contributed by atoms with E-state index in [9.17, 15) is 9.18 Å². The van der Waals surface area contributed by atoms with E-state index in [2.05, 4.69) is 17.4 Å². The molecule has 3 nitrogen and oxygen atoms in total. The molecule has 138 valence electrons. The van der Waals surface area contributed by atoms with E-state index < -0.39 is 0 Å². The molecular formula is C21H24ClFN2O. The third-order valence-corrected chi connectivity index (χ3v) is 5.13. The summed E-state index contributed by atoms with van der Waals surface area (Å²) < 4.78 is 14.1. The number of halogens is 2. The number of aryl methyl sites for hydroxylation is 3. The fraction of sp³-hybridized carbons (Fsp3) is 0.381. The minimum atomic E-state index is -0.325. The first-order valence-corrected chi connectivity index (χ1v) is 9.27. The van der Waals surface area contributed by atoms with Crippen LogP contribution in [-0.4, -0.2) is 23.4 Å². The van der Waals surface area contributed by atoms with E-state index in [-0.39, 0.29) is 18.3 Å². The molecule has 1 N–H and O–H groups in total. The zero-order chi connectivity index (χ0) is 18.8. The summed E-state index contributed by atoms with van der Waals surface area (Å²) >= 11 is 6.15. The van der Waals surface area contributed by atoms with E-state index in [1.165, 1.54) is 11.6 Å². The predicted octanol–water partition coefficient (Wildman–Crippen LogP) is 5.01. The highest BCUT2D eigenvalue weighted by Gasteiger charge is 2.31. The summed E-state index contributed by atoms with van der Waals surface area (Å²) in [4.78, 5) is 14.6. The maximum atomic E-state index is 14.1. The van der Waals surface area contributed by atoms with E-state index >= 15 is 0 Å². The van der Waals surface area contributed by atoms with Crippen LogP contribution in [-0.2, 0) is 11.3 Å². The first-order valence-electron chi connectivity index (χ1n) is 8.90. The number of anilines is 1. The molecule has 0 aromatic heterocycles. The minimum absolute atomic E-state index is 0.0839. The van der Waals surface area contributed by atoms with Crippen LogP contribution in [0.1, 0.15) is 35.1 Å². The molecule has 0 atom stereocenters. The van der Waals surface area contributed by atoms with Gasteiger partial charge in [0.15, 0.2) is 0 Å². The summed E-state index contributed by atoms with van der Waals surface area (Å²) in [5.41, 5.74) is 4.58. The average Bonchev–Trinajstić information content (AvgIpc) is 3.38. The summed E-state index contributed by atoms with van der Waals surface area (Å²) in [5.74, 6) is -0.409. The quantitative estimate of drug-likeness (QED) is 0.771. The van der Waals surface area contributed by atoms with Gasteiger partial charge >= 0.3 is 0 Å². The maximum Gasteiger partial charge on any atom is 0.238 e. The SMILES string of the molecule is Cc1cc(C)c(NC(=O)CN(Cc2c(F)cccc2Cl)C2CC2)c(C)c1. The van der Waals surface area contributed by atoms with Gasteiger partial charge in [-0.05, 0) is 56.9 Å². The smallest absolute Gasteiger partial charge is 0.238 e. The molecule has 1 aliphatic rings. The Kier molecular flexibility index (Phi) is 5.64. The molecular weight excluding hydrogens is 351 g/mol. The number of carbonyl (C=O) groups is 1. The van der Waals surface area contributed by atoms with E-state index in [4.69, 9.17) is 11.6 Å². The van der Waals surface area contributed by atoms with Crippen molar-refractivity contribution >= 4 is 23.2 Å². The van der Waals surface area contributed by atoms with Crippen molar-refractivity contribution in [3.05, 3.63) is 63.4 Å². The number of rotatable bonds is 6. The van der Waals surface area contributed by atoms with Gasteiger partial charge in [-0.2, -0.15) is 0 Å². The monoisotopic (exact) mass is 374 g/mol. The highest BCUT2D eigenvalue weighted by atomic mass is 35.5. The minimum Gasteiger partial charge on any atom is -0.324 e. The number of amides is 1. The second-order valence-corrected chi connectivity index (χ2v) is 7.57. The molecule has 1 aliphatic carbocycles. The summed E-state index contributed by atoms with van der Waals surface area (Å²) in [5, 5.41) is 3.43. The lowest BCUT2D eigenvalue weighted by Crippen LogP contribution is -2.35. The molecule has 3 rings (SSSR count). The number of hydrogen-bond acceptors (Lipinski definition) is 2. The van der Waals surface area contributed by atoms with Gasteiger partial charge in [0.05, 0.1) is 6.54 Å². The average molecular weight is 375 g/mol.